The molecule has 6 rings (SSSR count). The van der Waals surface area contributed by atoms with E-state index < -0.39 is 0 Å². The predicted molar refractivity (Wildman–Crippen MR) is 142 cm³/mol. The quantitative estimate of drug-likeness (QED) is 0.424. The maximum atomic E-state index is 13.0. The summed E-state index contributed by atoms with van der Waals surface area (Å²) >= 11 is 0. The third-order valence-electron chi connectivity index (χ3n) is 7.21. The van der Waals surface area contributed by atoms with Crippen LogP contribution in [0.15, 0.2) is 60.8 Å². The number of hydrogen-bond donors (Lipinski definition) is 1. The number of benzene rings is 2. The average molecular weight is 513 g/mol. The molecule has 10 nitrogen and oxygen atoms in total. The van der Waals surface area contributed by atoms with Crippen LogP contribution in [-0.4, -0.2) is 83.7 Å². The first-order chi connectivity index (χ1) is 18.4. The van der Waals surface area contributed by atoms with E-state index in [9.17, 15) is 9.59 Å². The molecule has 2 fully saturated rings. The molecule has 2 aliphatic rings. The van der Waals surface area contributed by atoms with Crippen molar-refractivity contribution in [1.29, 1.82) is 0 Å². The maximum Gasteiger partial charge on any atom is 0.276 e. The normalized spacial score (nSPS) is 16.1. The lowest BCUT2D eigenvalue weighted by Gasteiger charge is -2.59. The van der Waals surface area contributed by atoms with Crippen molar-refractivity contribution in [3.8, 4) is 22.8 Å². The lowest BCUT2D eigenvalue weighted by Crippen LogP contribution is -2.71. The molecule has 4 heterocycles. The summed E-state index contributed by atoms with van der Waals surface area (Å²) in [6, 6.07) is 16.0. The number of fused-ring (bicyclic) bond motifs is 1. The highest BCUT2D eigenvalue weighted by atomic mass is 16.5. The Morgan fingerprint density at radius 2 is 1.66 bits per heavy atom. The molecule has 0 bridgehead atoms. The molecule has 2 saturated heterocycles. The molecular weight excluding hydrogens is 484 g/mol. The van der Waals surface area contributed by atoms with Crippen LogP contribution in [0.4, 0.5) is 5.69 Å². The fourth-order valence-corrected chi connectivity index (χ4v) is 5.50. The molecule has 0 saturated carbocycles. The van der Waals surface area contributed by atoms with Crippen molar-refractivity contribution in [2.24, 2.45) is 5.41 Å². The number of aromatic nitrogens is 3. The van der Waals surface area contributed by atoms with Gasteiger partial charge in [0.2, 0.25) is 0 Å². The predicted octanol–water partition coefficient (Wildman–Crippen LogP) is 3.05. The molecule has 1 N–H and O–H groups in total. The van der Waals surface area contributed by atoms with Gasteiger partial charge in [0.15, 0.2) is 22.8 Å². The summed E-state index contributed by atoms with van der Waals surface area (Å²) < 4.78 is 12.4. The van der Waals surface area contributed by atoms with Gasteiger partial charge < -0.3 is 24.6 Å². The Morgan fingerprint density at radius 3 is 2.34 bits per heavy atom. The van der Waals surface area contributed by atoms with Gasteiger partial charge in [-0.1, -0.05) is 0 Å². The zero-order valence-corrected chi connectivity index (χ0v) is 21.5. The number of anilines is 1. The van der Waals surface area contributed by atoms with Crippen LogP contribution in [0.1, 0.15) is 20.8 Å². The molecule has 0 radical (unpaired) electrons. The highest BCUT2D eigenvalue weighted by Gasteiger charge is 2.51. The van der Waals surface area contributed by atoms with Crippen molar-refractivity contribution in [2.45, 2.75) is 0 Å². The van der Waals surface area contributed by atoms with Crippen LogP contribution in [0.5, 0.6) is 11.5 Å². The maximum absolute atomic E-state index is 13.0. The number of rotatable bonds is 6. The van der Waals surface area contributed by atoms with Crippen molar-refractivity contribution >= 4 is 23.1 Å². The number of nitrogens with one attached hydrogen (secondary N) is 1. The fraction of sp³-hybridized carbons (Fsp3) is 0.286. The van der Waals surface area contributed by atoms with Gasteiger partial charge in [-0.2, -0.15) is 5.10 Å². The fourth-order valence-electron chi connectivity index (χ4n) is 5.50. The van der Waals surface area contributed by atoms with E-state index in [1.807, 2.05) is 29.2 Å². The Hall–Kier alpha value is -4.44. The minimum Gasteiger partial charge on any atom is -0.493 e. The third-order valence-corrected chi connectivity index (χ3v) is 7.21. The summed E-state index contributed by atoms with van der Waals surface area (Å²) in [4.78, 5) is 34.3. The summed E-state index contributed by atoms with van der Waals surface area (Å²) in [6.07, 6.45) is 1.67. The van der Waals surface area contributed by atoms with Gasteiger partial charge in [0.25, 0.3) is 11.8 Å². The Morgan fingerprint density at radius 1 is 0.921 bits per heavy atom. The van der Waals surface area contributed by atoms with E-state index in [1.165, 1.54) is 0 Å². The first-order valence-corrected chi connectivity index (χ1v) is 12.3. The smallest absolute Gasteiger partial charge is 0.276 e. The molecule has 2 amide bonds. The van der Waals surface area contributed by atoms with E-state index in [4.69, 9.17) is 9.47 Å². The van der Waals surface area contributed by atoms with Gasteiger partial charge in [-0.3, -0.25) is 9.59 Å². The molecule has 194 valence electrons. The minimum absolute atomic E-state index is 0.0252. The molecule has 0 unspecified atom stereocenters. The van der Waals surface area contributed by atoms with E-state index in [1.54, 1.807) is 55.3 Å². The van der Waals surface area contributed by atoms with Gasteiger partial charge in [-0.15, -0.1) is 0 Å². The number of methoxy groups -OCH3 is 2. The number of ether oxygens (including phenoxy) is 2. The SMILES string of the molecule is COc1ccc(-c2ccnc3cc(C(=O)Nc4ccc(C(=O)N5CC6(CN(C)C6)C5)cc4)nn23)cc1OC. The van der Waals surface area contributed by atoms with E-state index in [2.05, 4.69) is 27.3 Å². The number of hydrogen-bond acceptors (Lipinski definition) is 7. The van der Waals surface area contributed by atoms with Crippen molar-refractivity contribution in [1.82, 2.24) is 24.4 Å². The molecular formula is C28H28N6O4. The Labute approximate surface area is 219 Å². The number of carbonyl (C=O) groups excluding carboxylic acids is 2. The highest BCUT2D eigenvalue weighted by molar-refractivity contribution is 6.04. The molecule has 10 heteroatoms. The summed E-state index contributed by atoms with van der Waals surface area (Å²) in [5.41, 5.74) is 3.83. The van der Waals surface area contributed by atoms with Crippen LogP contribution < -0.4 is 14.8 Å². The van der Waals surface area contributed by atoms with Crippen LogP contribution in [-0.2, 0) is 0 Å². The van der Waals surface area contributed by atoms with Crippen molar-refractivity contribution in [3.63, 3.8) is 0 Å². The second-order valence-corrected chi connectivity index (χ2v) is 10.1. The number of carbonyl (C=O) groups is 2. The van der Waals surface area contributed by atoms with Crippen molar-refractivity contribution in [3.05, 3.63) is 72.1 Å². The molecule has 0 aliphatic carbocycles. The second-order valence-electron chi connectivity index (χ2n) is 10.1. The molecule has 0 atom stereocenters. The van der Waals surface area contributed by atoms with Gasteiger partial charge in [0.05, 0.1) is 19.9 Å². The Balaban J connectivity index is 1.16. The Bertz CT molecular complexity index is 1530. The van der Waals surface area contributed by atoms with E-state index >= 15 is 0 Å². The lowest BCUT2D eigenvalue weighted by atomic mass is 9.73. The van der Waals surface area contributed by atoms with Crippen LogP contribution in [0, 0.1) is 5.41 Å². The first-order valence-electron chi connectivity index (χ1n) is 12.3. The van der Waals surface area contributed by atoms with E-state index in [-0.39, 0.29) is 17.5 Å². The zero-order valence-electron chi connectivity index (χ0n) is 21.5. The summed E-state index contributed by atoms with van der Waals surface area (Å²) in [7, 11) is 5.26. The zero-order chi connectivity index (χ0) is 26.4. The summed E-state index contributed by atoms with van der Waals surface area (Å²) in [6.45, 7) is 3.72. The van der Waals surface area contributed by atoms with Crippen LogP contribution in [0.3, 0.4) is 0 Å². The topological polar surface area (TPSA) is 101 Å². The molecule has 1 spiro atoms. The van der Waals surface area contributed by atoms with Crippen LogP contribution in [0.25, 0.3) is 16.9 Å². The largest absolute Gasteiger partial charge is 0.493 e. The summed E-state index contributed by atoms with van der Waals surface area (Å²) in [5, 5.41) is 7.37. The van der Waals surface area contributed by atoms with Gasteiger partial charge in [0, 0.05) is 60.7 Å². The van der Waals surface area contributed by atoms with Crippen LogP contribution in [0.2, 0.25) is 0 Å². The summed E-state index contributed by atoms with van der Waals surface area (Å²) in [5.74, 6) is 0.866. The van der Waals surface area contributed by atoms with Crippen LogP contribution >= 0.6 is 0 Å². The molecule has 38 heavy (non-hydrogen) atoms. The standard InChI is InChI=1S/C28H28N6O4/c1-32-14-28(15-32)16-33(17-28)27(36)18-4-7-20(8-5-18)30-26(35)21-13-25-29-11-10-22(34(25)31-21)19-6-9-23(37-2)24(12-19)38-3/h4-13H,14-17H2,1-3H3,(H,30,35). The Kier molecular flexibility index (Phi) is 5.76. The minimum atomic E-state index is -0.369. The van der Waals surface area contributed by atoms with Gasteiger partial charge in [-0.25, -0.2) is 9.50 Å². The molecule has 2 aromatic heterocycles. The van der Waals surface area contributed by atoms with Gasteiger partial charge in [-0.05, 0) is 55.6 Å². The highest BCUT2D eigenvalue weighted by Crippen LogP contribution is 2.39. The lowest BCUT2D eigenvalue weighted by molar-refractivity contribution is -0.0872. The monoisotopic (exact) mass is 512 g/mol. The second kappa shape index (κ2) is 9.14. The molecule has 2 aromatic carbocycles. The van der Waals surface area contributed by atoms with Gasteiger partial charge in [0.1, 0.15) is 0 Å². The molecule has 2 aliphatic heterocycles. The number of amides is 2. The van der Waals surface area contributed by atoms with Crippen molar-refractivity contribution in [2.75, 3.05) is 52.8 Å². The number of likely N-dealkylation sites (tertiary alicyclic amines) is 2. The van der Waals surface area contributed by atoms with Crippen molar-refractivity contribution < 1.29 is 19.1 Å². The van der Waals surface area contributed by atoms with E-state index in [0.29, 0.717) is 33.8 Å². The van der Waals surface area contributed by atoms with Gasteiger partial charge >= 0.3 is 0 Å². The third kappa shape index (κ3) is 4.12. The molecule has 4 aromatic rings. The average Bonchev–Trinajstić information content (AvgIpc) is 3.34. The van der Waals surface area contributed by atoms with E-state index in [0.717, 1.165) is 37.4 Å². The first kappa shape index (κ1) is 23.9. The number of nitrogens with zero attached hydrogens (tertiary/aromatic N) is 5.